The van der Waals surface area contributed by atoms with E-state index in [0.29, 0.717) is 24.4 Å². The Balaban J connectivity index is 1.93. The van der Waals surface area contributed by atoms with E-state index < -0.39 is 0 Å². The summed E-state index contributed by atoms with van der Waals surface area (Å²) in [5.74, 6) is 0.912. The molecule has 0 spiro atoms. The van der Waals surface area contributed by atoms with Crippen molar-refractivity contribution < 1.29 is 9.53 Å². The van der Waals surface area contributed by atoms with Crippen LogP contribution in [0, 0.1) is 0 Å². The van der Waals surface area contributed by atoms with Gasteiger partial charge in [-0.2, -0.15) is 0 Å². The third kappa shape index (κ3) is 4.25. The normalized spacial score (nSPS) is 10.3. The molecule has 0 unspecified atom stereocenters. The van der Waals surface area contributed by atoms with Crippen molar-refractivity contribution >= 4 is 17.5 Å². The lowest BCUT2D eigenvalue weighted by atomic mass is 10.1. The maximum absolute atomic E-state index is 12.3. The van der Waals surface area contributed by atoms with Crippen LogP contribution in [0.25, 0.3) is 0 Å². The number of rotatable bonds is 6. The van der Waals surface area contributed by atoms with Crippen LogP contribution in [-0.4, -0.2) is 25.0 Å². The van der Waals surface area contributed by atoms with Crippen LogP contribution in [0.5, 0.6) is 5.75 Å². The first-order valence-electron chi connectivity index (χ1n) is 7.21. The minimum Gasteiger partial charge on any atom is -0.496 e. The number of hydrogen-bond donors (Lipinski definition) is 0. The quantitative estimate of drug-likeness (QED) is 0.807. The molecule has 2 aromatic rings. The molecule has 0 radical (unpaired) electrons. The largest absolute Gasteiger partial charge is 0.496 e. The van der Waals surface area contributed by atoms with Crippen LogP contribution in [0.2, 0.25) is 5.02 Å². The zero-order valence-corrected chi connectivity index (χ0v) is 13.6. The average Bonchev–Trinajstić information content (AvgIpc) is 2.54. The predicted molar refractivity (Wildman–Crippen MR) is 89.2 cm³/mol. The molecule has 0 aliphatic carbocycles. The van der Waals surface area contributed by atoms with Crippen molar-refractivity contribution in [2.45, 2.75) is 19.4 Å². The molecule has 0 atom stereocenters. The van der Waals surface area contributed by atoms with E-state index in [1.54, 1.807) is 19.1 Å². The standard InChI is InChI=1S/C18H20ClNO2/c1-20(13-15-8-3-5-9-16(15)19)18(21)12-11-14-7-4-6-10-17(14)22-2/h3-10H,11-13H2,1-2H3. The van der Waals surface area contributed by atoms with Gasteiger partial charge in [-0.15, -0.1) is 0 Å². The zero-order chi connectivity index (χ0) is 15.9. The molecule has 0 aliphatic rings. The van der Waals surface area contributed by atoms with E-state index in [1.807, 2.05) is 48.5 Å². The number of halogens is 1. The van der Waals surface area contributed by atoms with Crippen molar-refractivity contribution in [2.24, 2.45) is 0 Å². The van der Waals surface area contributed by atoms with Gasteiger partial charge in [-0.3, -0.25) is 4.79 Å². The highest BCUT2D eigenvalue weighted by Crippen LogP contribution is 2.20. The Hall–Kier alpha value is -2.00. The second kappa shape index (κ2) is 7.85. The summed E-state index contributed by atoms with van der Waals surface area (Å²) in [6.45, 7) is 0.518. The summed E-state index contributed by atoms with van der Waals surface area (Å²) in [5, 5.41) is 0.687. The molecule has 4 heteroatoms. The van der Waals surface area contributed by atoms with Gasteiger partial charge in [-0.05, 0) is 29.7 Å². The van der Waals surface area contributed by atoms with Crippen LogP contribution in [0.3, 0.4) is 0 Å². The molecule has 22 heavy (non-hydrogen) atoms. The molecular formula is C18H20ClNO2. The third-order valence-electron chi connectivity index (χ3n) is 3.59. The average molecular weight is 318 g/mol. The first-order valence-corrected chi connectivity index (χ1v) is 7.59. The zero-order valence-electron chi connectivity index (χ0n) is 12.9. The molecule has 0 heterocycles. The van der Waals surface area contributed by atoms with Gasteiger partial charge in [-0.1, -0.05) is 48.0 Å². The smallest absolute Gasteiger partial charge is 0.222 e. The minimum atomic E-state index is 0.0887. The van der Waals surface area contributed by atoms with Gasteiger partial charge in [0.15, 0.2) is 0 Å². The molecule has 0 aliphatic heterocycles. The van der Waals surface area contributed by atoms with Crippen LogP contribution >= 0.6 is 11.6 Å². The lowest BCUT2D eigenvalue weighted by molar-refractivity contribution is -0.130. The van der Waals surface area contributed by atoms with Gasteiger partial charge in [0.25, 0.3) is 0 Å². The topological polar surface area (TPSA) is 29.5 Å². The number of hydrogen-bond acceptors (Lipinski definition) is 2. The number of para-hydroxylation sites is 1. The number of nitrogens with zero attached hydrogens (tertiary/aromatic N) is 1. The Bertz CT molecular complexity index is 642. The summed E-state index contributed by atoms with van der Waals surface area (Å²) in [6, 6.07) is 15.4. The number of methoxy groups -OCH3 is 1. The van der Waals surface area contributed by atoms with Crippen molar-refractivity contribution in [3.8, 4) is 5.75 Å². The van der Waals surface area contributed by atoms with Crippen LogP contribution < -0.4 is 4.74 Å². The van der Waals surface area contributed by atoms with E-state index in [0.717, 1.165) is 16.9 Å². The molecule has 3 nitrogen and oxygen atoms in total. The fraction of sp³-hybridized carbons (Fsp3) is 0.278. The molecule has 0 bridgehead atoms. The van der Waals surface area contributed by atoms with Gasteiger partial charge in [0.05, 0.1) is 7.11 Å². The fourth-order valence-electron chi connectivity index (χ4n) is 2.31. The van der Waals surface area contributed by atoms with E-state index in [4.69, 9.17) is 16.3 Å². The monoisotopic (exact) mass is 317 g/mol. The van der Waals surface area contributed by atoms with Gasteiger partial charge in [0.1, 0.15) is 5.75 Å². The summed E-state index contributed by atoms with van der Waals surface area (Å²) in [7, 11) is 3.44. The molecule has 1 amide bonds. The van der Waals surface area contributed by atoms with Crippen molar-refractivity contribution in [1.82, 2.24) is 4.90 Å². The van der Waals surface area contributed by atoms with Crippen molar-refractivity contribution in [1.29, 1.82) is 0 Å². The molecule has 0 saturated heterocycles. The summed E-state index contributed by atoms with van der Waals surface area (Å²) >= 11 is 6.13. The Labute approximate surface area is 136 Å². The van der Waals surface area contributed by atoms with E-state index in [2.05, 4.69) is 0 Å². The summed E-state index contributed by atoms with van der Waals surface area (Å²) in [4.78, 5) is 14.0. The number of amides is 1. The first kappa shape index (κ1) is 16.4. The Morgan fingerprint density at radius 3 is 2.41 bits per heavy atom. The van der Waals surface area contributed by atoms with Gasteiger partial charge in [-0.25, -0.2) is 0 Å². The van der Waals surface area contributed by atoms with Crippen LogP contribution in [0.15, 0.2) is 48.5 Å². The van der Waals surface area contributed by atoms with Crippen molar-refractivity contribution in [2.75, 3.05) is 14.2 Å². The number of aryl methyl sites for hydroxylation is 1. The second-order valence-corrected chi connectivity index (χ2v) is 5.56. The minimum absolute atomic E-state index is 0.0887. The highest BCUT2D eigenvalue weighted by molar-refractivity contribution is 6.31. The van der Waals surface area contributed by atoms with E-state index in [1.165, 1.54) is 0 Å². The van der Waals surface area contributed by atoms with Crippen LogP contribution in [0.1, 0.15) is 17.5 Å². The van der Waals surface area contributed by atoms with Crippen LogP contribution in [-0.2, 0) is 17.8 Å². The number of carbonyl (C=O) groups excluding carboxylic acids is 1. The maximum Gasteiger partial charge on any atom is 0.222 e. The predicted octanol–water partition coefficient (Wildman–Crippen LogP) is 3.94. The molecule has 2 aromatic carbocycles. The third-order valence-corrected chi connectivity index (χ3v) is 3.96. The van der Waals surface area contributed by atoms with E-state index >= 15 is 0 Å². The summed E-state index contributed by atoms with van der Waals surface area (Å²) in [5.41, 5.74) is 2.00. The Kier molecular flexibility index (Phi) is 5.84. The van der Waals surface area contributed by atoms with Crippen molar-refractivity contribution in [3.05, 3.63) is 64.7 Å². The summed E-state index contributed by atoms with van der Waals surface area (Å²) in [6.07, 6.45) is 1.11. The Morgan fingerprint density at radius 2 is 1.73 bits per heavy atom. The molecule has 0 N–H and O–H groups in total. The Morgan fingerprint density at radius 1 is 1.09 bits per heavy atom. The van der Waals surface area contributed by atoms with E-state index in [9.17, 15) is 4.79 Å². The highest BCUT2D eigenvalue weighted by atomic mass is 35.5. The number of ether oxygens (including phenoxy) is 1. The highest BCUT2D eigenvalue weighted by Gasteiger charge is 2.12. The molecule has 0 fully saturated rings. The van der Waals surface area contributed by atoms with Gasteiger partial charge in [0, 0.05) is 25.0 Å². The van der Waals surface area contributed by atoms with Crippen molar-refractivity contribution in [3.63, 3.8) is 0 Å². The second-order valence-electron chi connectivity index (χ2n) is 5.15. The molecule has 0 aromatic heterocycles. The number of carbonyl (C=O) groups is 1. The van der Waals surface area contributed by atoms with Gasteiger partial charge < -0.3 is 9.64 Å². The molecule has 116 valence electrons. The maximum atomic E-state index is 12.3. The lowest BCUT2D eigenvalue weighted by Crippen LogP contribution is -2.26. The number of benzene rings is 2. The molecular weight excluding hydrogens is 298 g/mol. The van der Waals surface area contributed by atoms with E-state index in [-0.39, 0.29) is 5.91 Å². The lowest BCUT2D eigenvalue weighted by Gasteiger charge is -2.18. The molecule has 2 rings (SSSR count). The summed E-state index contributed by atoms with van der Waals surface area (Å²) < 4.78 is 5.31. The van der Waals surface area contributed by atoms with Crippen LogP contribution in [0.4, 0.5) is 0 Å². The van der Waals surface area contributed by atoms with Gasteiger partial charge >= 0.3 is 0 Å². The SMILES string of the molecule is COc1ccccc1CCC(=O)N(C)Cc1ccccc1Cl. The first-order chi connectivity index (χ1) is 10.6. The van der Waals surface area contributed by atoms with Gasteiger partial charge in [0.2, 0.25) is 5.91 Å². The fourth-order valence-corrected chi connectivity index (χ4v) is 2.51. The molecule has 0 saturated carbocycles.